The van der Waals surface area contributed by atoms with Gasteiger partial charge in [-0.2, -0.15) is 4.98 Å². The standard InChI is InChI=1S/C31H33N3O3/c1-33-18-19-34-26(32-29(35)28(27(34)30(33)36)37-21-22-10-3-2-4-11-22)20-31(16-7-8-17-31)25-15-9-13-23-12-5-6-14-24(23)25/h2-6,9-11,13-15,23H,7-8,12,16-21H2,1H3. The zero-order valence-electron chi connectivity index (χ0n) is 21.4. The highest BCUT2D eigenvalue weighted by Crippen LogP contribution is 2.52. The molecule has 1 fully saturated rings. The summed E-state index contributed by atoms with van der Waals surface area (Å²) in [5.74, 6) is 0.991. The number of ether oxygens (including phenoxy) is 1. The van der Waals surface area contributed by atoms with Crippen LogP contribution in [-0.2, 0) is 19.6 Å². The van der Waals surface area contributed by atoms with E-state index in [1.54, 1.807) is 11.9 Å². The minimum absolute atomic E-state index is 0.0598. The summed E-state index contributed by atoms with van der Waals surface area (Å²) in [4.78, 5) is 33.0. The van der Waals surface area contributed by atoms with Gasteiger partial charge >= 0.3 is 5.56 Å². The molecule has 37 heavy (non-hydrogen) atoms. The molecule has 0 spiro atoms. The summed E-state index contributed by atoms with van der Waals surface area (Å²) in [6.07, 6.45) is 19.5. The van der Waals surface area contributed by atoms with Gasteiger partial charge in [0.25, 0.3) is 5.91 Å². The molecule has 2 heterocycles. The minimum Gasteiger partial charge on any atom is -0.481 e. The predicted molar refractivity (Wildman–Crippen MR) is 143 cm³/mol. The first-order valence-electron chi connectivity index (χ1n) is 13.4. The lowest BCUT2D eigenvalue weighted by molar-refractivity contribution is 0.0734. The normalized spacial score (nSPS) is 21.8. The van der Waals surface area contributed by atoms with Gasteiger partial charge in [0.2, 0.25) is 5.75 Å². The number of rotatable bonds is 6. The maximum absolute atomic E-state index is 13.4. The number of aromatic nitrogens is 2. The van der Waals surface area contributed by atoms with Crippen molar-refractivity contribution in [1.82, 2.24) is 14.5 Å². The maximum atomic E-state index is 13.4. The molecule has 0 bridgehead atoms. The van der Waals surface area contributed by atoms with Gasteiger partial charge in [0, 0.05) is 37.9 Å². The number of allylic oxidation sites excluding steroid dienone is 8. The zero-order valence-corrected chi connectivity index (χ0v) is 21.4. The summed E-state index contributed by atoms with van der Waals surface area (Å²) < 4.78 is 7.96. The van der Waals surface area contributed by atoms with Crippen molar-refractivity contribution in [1.29, 1.82) is 0 Å². The molecule has 1 unspecified atom stereocenters. The summed E-state index contributed by atoms with van der Waals surface area (Å²) in [7, 11) is 1.78. The number of hydrogen-bond acceptors (Lipinski definition) is 4. The van der Waals surface area contributed by atoms with Crippen molar-refractivity contribution < 1.29 is 9.53 Å². The first-order valence-corrected chi connectivity index (χ1v) is 13.4. The molecule has 1 saturated carbocycles. The van der Waals surface area contributed by atoms with Crippen molar-refractivity contribution in [2.45, 2.75) is 51.7 Å². The van der Waals surface area contributed by atoms with Crippen LogP contribution in [0.25, 0.3) is 0 Å². The molecule has 0 saturated heterocycles. The van der Waals surface area contributed by atoms with Gasteiger partial charge in [-0.05, 0) is 36.0 Å². The fourth-order valence-corrected chi connectivity index (χ4v) is 6.44. The Morgan fingerprint density at radius 2 is 1.86 bits per heavy atom. The second-order valence-corrected chi connectivity index (χ2v) is 10.7. The van der Waals surface area contributed by atoms with Crippen LogP contribution in [0.4, 0.5) is 0 Å². The molecule has 1 aliphatic heterocycles. The van der Waals surface area contributed by atoms with E-state index in [-0.39, 0.29) is 23.7 Å². The number of benzene rings is 1. The van der Waals surface area contributed by atoms with E-state index < -0.39 is 5.56 Å². The van der Waals surface area contributed by atoms with Gasteiger partial charge in [0.05, 0.1) is 0 Å². The molecule has 6 heteroatoms. The average Bonchev–Trinajstić information content (AvgIpc) is 3.40. The molecule has 1 amide bonds. The summed E-state index contributed by atoms with van der Waals surface area (Å²) in [5, 5.41) is 0. The smallest absolute Gasteiger partial charge is 0.316 e. The monoisotopic (exact) mass is 495 g/mol. The Labute approximate surface area is 217 Å². The lowest BCUT2D eigenvalue weighted by atomic mass is 9.67. The number of fused-ring (bicyclic) bond motifs is 2. The second-order valence-electron chi connectivity index (χ2n) is 10.7. The molecule has 190 valence electrons. The number of carbonyl (C=O) groups excluding carboxylic acids is 1. The minimum atomic E-state index is -0.454. The number of nitrogens with zero attached hydrogens (tertiary/aromatic N) is 3. The Balaban J connectivity index is 1.41. The third-order valence-electron chi connectivity index (χ3n) is 8.40. The van der Waals surface area contributed by atoms with Crippen LogP contribution in [0.3, 0.4) is 0 Å². The molecule has 0 N–H and O–H groups in total. The zero-order chi connectivity index (χ0) is 25.4. The van der Waals surface area contributed by atoms with Crippen LogP contribution in [0.2, 0.25) is 0 Å². The van der Waals surface area contributed by atoms with Crippen LogP contribution in [0.1, 0.15) is 54.0 Å². The van der Waals surface area contributed by atoms with Crippen molar-refractivity contribution in [3.8, 4) is 5.75 Å². The van der Waals surface area contributed by atoms with Gasteiger partial charge in [-0.3, -0.25) is 9.59 Å². The van der Waals surface area contributed by atoms with Crippen LogP contribution >= 0.6 is 0 Å². The van der Waals surface area contributed by atoms with Crippen molar-refractivity contribution in [2.75, 3.05) is 13.6 Å². The van der Waals surface area contributed by atoms with Crippen molar-refractivity contribution in [3.05, 3.63) is 105 Å². The summed E-state index contributed by atoms with van der Waals surface area (Å²) in [6, 6.07) is 9.68. The molecule has 6 rings (SSSR count). The van der Waals surface area contributed by atoms with E-state index in [9.17, 15) is 9.59 Å². The highest BCUT2D eigenvalue weighted by molar-refractivity contribution is 5.95. The van der Waals surface area contributed by atoms with E-state index in [1.165, 1.54) is 11.1 Å². The summed E-state index contributed by atoms with van der Waals surface area (Å²) in [6.45, 7) is 1.40. The number of carbonyl (C=O) groups is 1. The Bertz CT molecular complexity index is 1390. The molecule has 3 aliphatic carbocycles. The third kappa shape index (κ3) is 4.28. The highest BCUT2D eigenvalue weighted by Gasteiger charge is 2.42. The maximum Gasteiger partial charge on any atom is 0.316 e. The fourth-order valence-electron chi connectivity index (χ4n) is 6.44. The number of hydrogen-bond donors (Lipinski definition) is 0. The SMILES string of the molecule is CN1CCn2c(CC3(C4=CC=CC5CC=CC=C45)CCCC3)nc(=O)c(OCc3ccccc3)c2C1=O. The number of likely N-dealkylation sites (N-methyl/N-ethyl adjacent to an activating group) is 1. The van der Waals surface area contributed by atoms with Crippen LogP contribution in [0, 0.1) is 11.3 Å². The van der Waals surface area contributed by atoms with E-state index in [4.69, 9.17) is 4.74 Å². The van der Waals surface area contributed by atoms with Crippen LogP contribution in [0.5, 0.6) is 5.75 Å². The Hall–Kier alpha value is -3.67. The van der Waals surface area contributed by atoms with Gasteiger partial charge < -0.3 is 14.2 Å². The second kappa shape index (κ2) is 9.66. The average molecular weight is 496 g/mol. The molecular formula is C31H33N3O3. The number of amides is 1. The Morgan fingerprint density at radius 3 is 2.68 bits per heavy atom. The molecule has 6 nitrogen and oxygen atoms in total. The first-order chi connectivity index (χ1) is 18.1. The summed E-state index contributed by atoms with van der Waals surface area (Å²) in [5.41, 5.74) is 3.51. The van der Waals surface area contributed by atoms with Crippen LogP contribution in [-0.4, -0.2) is 34.0 Å². The van der Waals surface area contributed by atoms with Crippen LogP contribution in [0.15, 0.2) is 82.7 Å². The first kappa shape index (κ1) is 23.7. The quantitative estimate of drug-likeness (QED) is 0.565. The van der Waals surface area contributed by atoms with Gasteiger partial charge in [0.1, 0.15) is 12.4 Å². The van der Waals surface area contributed by atoms with Gasteiger partial charge in [-0.1, -0.05) is 79.6 Å². The molecule has 1 aromatic carbocycles. The van der Waals surface area contributed by atoms with Gasteiger partial charge in [0.15, 0.2) is 5.69 Å². The van der Waals surface area contributed by atoms with Gasteiger partial charge in [-0.15, -0.1) is 0 Å². The molecule has 0 radical (unpaired) electrons. The molecule has 4 aliphatic rings. The molecule has 1 aromatic heterocycles. The van der Waals surface area contributed by atoms with E-state index >= 15 is 0 Å². The predicted octanol–water partition coefficient (Wildman–Crippen LogP) is 5.01. The molecular weight excluding hydrogens is 462 g/mol. The topological polar surface area (TPSA) is 64.4 Å². The van der Waals surface area contributed by atoms with Gasteiger partial charge in [-0.25, -0.2) is 0 Å². The van der Waals surface area contributed by atoms with E-state index in [1.807, 2.05) is 34.9 Å². The van der Waals surface area contributed by atoms with E-state index in [0.29, 0.717) is 36.9 Å². The van der Waals surface area contributed by atoms with Crippen LogP contribution < -0.4 is 10.3 Å². The van der Waals surface area contributed by atoms with E-state index in [0.717, 1.165) is 37.7 Å². The highest BCUT2D eigenvalue weighted by atomic mass is 16.5. The van der Waals surface area contributed by atoms with Crippen molar-refractivity contribution >= 4 is 5.91 Å². The summed E-state index contributed by atoms with van der Waals surface area (Å²) >= 11 is 0. The largest absolute Gasteiger partial charge is 0.481 e. The molecule has 2 aromatic rings. The Morgan fingerprint density at radius 1 is 1.05 bits per heavy atom. The van der Waals surface area contributed by atoms with E-state index in [2.05, 4.69) is 41.4 Å². The van der Waals surface area contributed by atoms with Crippen molar-refractivity contribution in [3.63, 3.8) is 0 Å². The molecule has 1 atom stereocenters. The fraction of sp³-hybridized carbons (Fsp3) is 0.387. The Kier molecular flexibility index (Phi) is 6.19. The third-order valence-corrected chi connectivity index (χ3v) is 8.40. The lowest BCUT2D eigenvalue weighted by Gasteiger charge is -2.38. The lowest BCUT2D eigenvalue weighted by Crippen LogP contribution is -2.42. The van der Waals surface area contributed by atoms with Crippen molar-refractivity contribution in [2.24, 2.45) is 11.3 Å².